The number of hydrogen-bond acceptors (Lipinski definition) is 3. The summed E-state index contributed by atoms with van der Waals surface area (Å²) in [6.07, 6.45) is 6.13. The van der Waals surface area contributed by atoms with Crippen LogP contribution in [0, 0.1) is 11.8 Å². The van der Waals surface area contributed by atoms with E-state index in [4.69, 9.17) is 0 Å². The standard InChI is InChI=1S/C13H21N3/c1-11(2)12-4-7-16(8-5-12)9-13-3-6-14-10-15-13/h3,6,10-12H,4-5,7-9H2,1-2H3. The van der Waals surface area contributed by atoms with E-state index in [9.17, 15) is 0 Å². The van der Waals surface area contributed by atoms with Crippen molar-refractivity contribution in [3.8, 4) is 0 Å². The van der Waals surface area contributed by atoms with Gasteiger partial charge in [-0.25, -0.2) is 9.97 Å². The molecule has 0 spiro atoms. The van der Waals surface area contributed by atoms with Crippen LogP contribution in [0.25, 0.3) is 0 Å². The van der Waals surface area contributed by atoms with Crippen LogP contribution < -0.4 is 0 Å². The van der Waals surface area contributed by atoms with Gasteiger partial charge in [-0.05, 0) is 43.8 Å². The van der Waals surface area contributed by atoms with Gasteiger partial charge in [-0.1, -0.05) is 13.8 Å². The number of piperidine rings is 1. The fraction of sp³-hybridized carbons (Fsp3) is 0.692. The molecule has 2 heterocycles. The highest BCUT2D eigenvalue weighted by Gasteiger charge is 2.21. The highest BCUT2D eigenvalue weighted by Crippen LogP contribution is 2.24. The van der Waals surface area contributed by atoms with Crippen LogP contribution in [-0.2, 0) is 6.54 Å². The highest BCUT2D eigenvalue weighted by atomic mass is 15.1. The van der Waals surface area contributed by atoms with Crippen LogP contribution in [-0.4, -0.2) is 28.0 Å². The summed E-state index contributed by atoms with van der Waals surface area (Å²) in [5.41, 5.74) is 1.14. The molecule has 0 radical (unpaired) electrons. The molecule has 1 aromatic heterocycles. The molecule has 0 bridgehead atoms. The molecule has 1 aliphatic rings. The van der Waals surface area contributed by atoms with Crippen molar-refractivity contribution >= 4 is 0 Å². The van der Waals surface area contributed by atoms with Gasteiger partial charge in [0.15, 0.2) is 0 Å². The second kappa shape index (κ2) is 5.39. The molecule has 1 fully saturated rings. The maximum atomic E-state index is 4.27. The van der Waals surface area contributed by atoms with Crippen molar-refractivity contribution in [2.24, 2.45) is 11.8 Å². The van der Waals surface area contributed by atoms with E-state index in [-0.39, 0.29) is 0 Å². The summed E-state index contributed by atoms with van der Waals surface area (Å²) in [4.78, 5) is 10.7. The van der Waals surface area contributed by atoms with Crippen molar-refractivity contribution < 1.29 is 0 Å². The summed E-state index contributed by atoms with van der Waals surface area (Å²) in [7, 11) is 0. The topological polar surface area (TPSA) is 29.0 Å². The number of rotatable bonds is 3. The largest absolute Gasteiger partial charge is 0.297 e. The van der Waals surface area contributed by atoms with Crippen molar-refractivity contribution in [2.75, 3.05) is 13.1 Å². The normalized spacial score (nSPS) is 19.2. The minimum absolute atomic E-state index is 0.834. The van der Waals surface area contributed by atoms with Crippen molar-refractivity contribution in [3.63, 3.8) is 0 Å². The number of hydrogen-bond donors (Lipinski definition) is 0. The van der Waals surface area contributed by atoms with E-state index in [0.29, 0.717) is 0 Å². The van der Waals surface area contributed by atoms with Crippen molar-refractivity contribution in [1.82, 2.24) is 14.9 Å². The highest BCUT2D eigenvalue weighted by molar-refractivity contribution is 4.97. The molecule has 0 aromatic carbocycles. The van der Waals surface area contributed by atoms with Crippen LogP contribution in [0.1, 0.15) is 32.4 Å². The Morgan fingerprint density at radius 3 is 2.69 bits per heavy atom. The Hall–Kier alpha value is -0.960. The average Bonchev–Trinajstić information content (AvgIpc) is 2.31. The third kappa shape index (κ3) is 3.01. The Kier molecular flexibility index (Phi) is 3.88. The van der Waals surface area contributed by atoms with Gasteiger partial charge >= 0.3 is 0 Å². The molecule has 1 aromatic rings. The van der Waals surface area contributed by atoms with Crippen LogP contribution in [0.5, 0.6) is 0 Å². The molecule has 1 saturated heterocycles. The molecular weight excluding hydrogens is 198 g/mol. The van der Waals surface area contributed by atoms with Crippen LogP contribution in [0.2, 0.25) is 0 Å². The Bertz CT molecular complexity index is 302. The first-order valence-electron chi connectivity index (χ1n) is 6.23. The van der Waals surface area contributed by atoms with E-state index in [1.54, 1.807) is 6.33 Å². The average molecular weight is 219 g/mol. The van der Waals surface area contributed by atoms with Gasteiger partial charge in [0.1, 0.15) is 6.33 Å². The lowest BCUT2D eigenvalue weighted by Crippen LogP contribution is -2.34. The lowest BCUT2D eigenvalue weighted by atomic mass is 9.87. The molecule has 0 atom stereocenters. The molecule has 0 N–H and O–H groups in total. The maximum absolute atomic E-state index is 4.27. The second-order valence-electron chi connectivity index (χ2n) is 5.06. The monoisotopic (exact) mass is 219 g/mol. The lowest BCUT2D eigenvalue weighted by Gasteiger charge is -2.33. The van der Waals surface area contributed by atoms with Crippen molar-refractivity contribution in [1.29, 1.82) is 0 Å². The first kappa shape index (κ1) is 11.5. The summed E-state index contributed by atoms with van der Waals surface area (Å²) >= 11 is 0. The summed E-state index contributed by atoms with van der Waals surface area (Å²) in [5.74, 6) is 1.75. The number of aromatic nitrogens is 2. The van der Waals surface area contributed by atoms with Gasteiger partial charge in [0.25, 0.3) is 0 Å². The first-order valence-corrected chi connectivity index (χ1v) is 6.23. The molecular formula is C13H21N3. The van der Waals surface area contributed by atoms with Crippen molar-refractivity contribution in [3.05, 3.63) is 24.3 Å². The zero-order valence-corrected chi connectivity index (χ0v) is 10.3. The van der Waals surface area contributed by atoms with Crippen LogP contribution in [0.4, 0.5) is 0 Å². The van der Waals surface area contributed by atoms with Crippen molar-refractivity contribution in [2.45, 2.75) is 33.2 Å². The minimum Gasteiger partial charge on any atom is -0.297 e. The van der Waals surface area contributed by atoms with Gasteiger partial charge in [0.05, 0.1) is 5.69 Å². The quantitative estimate of drug-likeness (QED) is 0.781. The molecule has 3 nitrogen and oxygen atoms in total. The SMILES string of the molecule is CC(C)C1CCN(Cc2ccncn2)CC1. The first-order chi connectivity index (χ1) is 7.75. The van der Waals surface area contributed by atoms with E-state index in [1.165, 1.54) is 25.9 Å². The zero-order valence-electron chi connectivity index (χ0n) is 10.3. The molecule has 0 amide bonds. The summed E-state index contributed by atoms with van der Waals surface area (Å²) < 4.78 is 0. The molecule has 0 saturated carbocycles. The fourth-order valence-corrected chi connectivity index (χ4v) is 2.42. The minimum atomic E-state index is 0.834. The zero-order chi connectivity index (χ0) is 11.4. The third-order valence-electron chi connectivity index (χ3n) is 3.60. The predicted octanol–water partition coefficient (Wildman–Crippen LogP) is 2.34. The van der Waals surface area contributed by atoms with Gasteiger partial charge in [-0.15, -0.1) is 0 Å². The van der Waals surface area contributed by atoms with E-state index >= 15 is 0 Å². The smallest absolute Gasteiger partial charge is 0.115 e. The lowest BCUT2D eigenvalue weighted by molar-refractivity contribution is 0.150. The Labute approximate surface area is 97.9 Å². The summed E-state index contributed by atoms with van der Waals surface area (Å²) in [6, 6.07) is 2.01. The molecule has 88 valence electrons. The van der Waals surface area contributed by atoms with E-state index in [1.807, 2.05) is 12.3 Å². The summed E-state index contributed by atoms with van der Waals surface area (Å²) in [5, 5.41) is 0. The number of nitrogens with zero attached hydrogens (tertiary/aromatic N) is 3. The Balaban J connectivity index is 1.82. The molecule has 0 unspecified atom stereocenters. The summed E-state index contributed by atoms with van der Waals surface area (Å²) in [6.45, 7) is 8.09. The molecule has 16 heavy (non-hydrogen) atoms. The predicted molar refractivity (Wildman–Crippen MR) is 64.9 cm³/mol. The van der Waals surface area contributed by atoms with E-state index < -0.39 is 0 Å². The molecule has 0 aliphatic carbocycles. The third-order valence-corrected chi connectivity index (χ3v) is 3.60. The Morgan fingerprint density at radius 1 is 1.38 bits per heavy atom. The molecule has 3 heteroatoms. The van der Waals surface area contributed by atoms with Gasteiger partial charge in [0.2, 0.25) is 0 Å². The van der Waals surface area contributed by atoms with Gasteiger partial charge < -0.3 is 0 Å². The fourth-order valence-electron chi connectivity index (χ4n) is 2.42. The van der Waals surface area contributed by atoms with Crippen LogP contribution in [0.15, 0.2) is 18.6 Å². The van der Waals surface area contributed by atoms with E-state index in [2.05, 4.69) is 28.7 Å². The second-order valence-corrected chi connectivity index (χ2v) is 5.06. The number of likely N-dealkylation sites (tertiary alicyclic amines) is 1. The van der Waals surface area contributed by atoms with Gasteiger partial charge in [-0.2, -0.15) is 0 Å². The van der Waals surface area contributed by atoms with Crippen LogP contribution in [0.3, 0.4) is 0 Å². The van der Waals surface area contributed by atoms with Gasteiger partial charge in [0, 0.05) is 12.7 Å². The van der Waals surface area contributed by atoms with E-state index in [0.717, 1.165) is 24.1 Å². The molecule has 2 rings (SSSR count). The Morgan fingerprint density at radius 2 is 2.12 bits per heavy atom. The molecule has 1 aliphatic heterocycles. The maximum Gasteiger partial charge on any atom is 0.115 e. The van der Waals surface area contributed by atoms with Crippen LogP contribution >= 0.6 is 0 Å². The van der Waals surface area contributed by atoms with Gasteiger partial charge in [-0.3, -0.25) is 4.90 Å².